The van der Waals surface area contributed by atoms with E-state index in [1.54, 1.807) is 0 Å². The van der Waals surface area contributed by atoms with E-state index in [0.717, 1.165) is 13.1 Å². The van der Waals surface area contributed by atoms with Gasteiger partial charge in [-0.25, -0.2) is 8.78 Å². The predicted molar refractivity (Wildman–Crippen MR) is 56.9 cm³/mol. The molecule has 2 fully saturated rings. The van der Waals surface area contributed by atoms with Crippen molar-refractivity contribution in [2.75, 3.05) is 19.6 Å². The molecule has 0 unspecified atom stereocenters. The van der Waals surface area contributed by atoms with Gasteiger partial charge in [0.1, 0.15) is 0 Å². The molecule has 0 bridgehead atoms. The Hall–Kier alpha value is 0.360. The largest absolute Gasteiger partial charge is 0.311 e. The number of fused-ring (bicyclic) bond motifs is 1. The Labute approximate surface area is 95.2 Å². The molecular formula is C8H16Cl2F2N2. The molecule has 0 radical (unpaired) electrons. The van der Waals surface area contributed by atoms with Gasteiger partial charge in [-0.3, -0.25) is 4.90 Å². The number of hydrogen-bond donors (Lipinski definition) is 1. The number of nitrogens with one attached hydrogen (secondary N) is 1. The maximum atomic E-state index is 12.9. The fraction of sp³-hybridized carbons (Fsp3) is 1.00. The van der Waals surface area contributed by atoms with Crippen LogP contribution in [0, 0.1) is 0 Å². The highest BCUT2D eigenvalue weighted by molar-refractivity contribution is 5.85. The van der Waals surface area contributed by atoms with E-state index in [9.17, 15) is 8.78 Å². The Bertz CT molecular complexity index is 192. The van der Waals surface area contributed by atoms with E-state index in [1.165, 1.54) is 0 Å². The van der Waals surface area contributed by atoms with Gasteiger partial charge in [-0.1, -0.05) is 0 Å². The number of hydrogen-bond acceptors (Lipinski definition) is 2. The van der Waals surface area contributed by atoms with Crippen LogP contribution in [0.3, 0.4) is 0 Å². The zero-order valence-corrected chi connectivity index (χ0v) is 9.64. The van der Waals surface area contributed by atoms with Gasteiger partial charge in [0.25, 0.3) is 5.92 Å². The van der Waals surface area contributed by atoms with Crippen LogP contribution in [-0.4, -0.2) is 42.5 Å². The van der Waals surface area contributed by atoms with Crippen molar-refractivity contribution in [3.8, 4) is 0 Å². The second-order valence-corrected chi connectivity index (χ2v) is 3.95. The van der Waals surface area contributed by atoms with Gasteiger partial charge in [-0.15, -0.1) is 24.8 Å². The summed E-state index contributed by atoms with van der Waals surface area (Å²) in [5.41, 5.74) is 0. The molecule has 0 aliphatic carbocycles. The van der Waals surface area contributed by atoms with Crippen molar-refractivity contribution in [1.82, 2.24) is 10.2 Å². The fourth-order valence-corrected chi connectivity index (χ4v) is 2.13. The predicted octanol–water partition coefficient (Wildman–Crippen LogP) is 1.53. The number of piperazine rings is 1. The van der Waals surface area contributed by atoms with Crippen LogP contribution in [0.1, 0.15) is 13.3 Å². The zero-order chi connectivity index (χ0) is 8.77. The first-order valence-corrected chi connectivity index (χ1v) is 4.42. The molecule has 0 spiro atoms. The van der Waals surface area contributed by atoms with Crippen molar-refractivity contribution in [1.29, 1.82) is 0 Å². The van der Waals surface area contributed by atoms with Gasteiger partial charge in [-0.2, -0.15) is 0 Å². The topological polar surface area (TPSA) is 15.3 Å². The second kappa shape index (κ2) is 4.92. The quantitative estimate of drug-likeness (QED) is 0.700. The first kappa shape index (κ1) is 14.4. The third-order valence-corrected chi connectivity index (χ3v) is 2.70. The molecule has 0 aromatic carbocycles. The van der Waals surface area contributed by atoms with Crippen molar-refractivity contribution < 1.29 is 8.78 Å². The number of alkyl halides is 2. The van der Waals surface area contributed by atoms with Gasteiger partial charge < -0.3 is 5.32 Å². The summed E-state index contributed by atoms with van der Waals surface area (Å²) in [6.07, 6.45) is 0.0344. The fourth-order valence-electron chi connectivity index (χ4n) is 2.13. The van der Waals surface area contributed by atoms with E-state index in [1.807, 2.05) is 11.8 Å². The smallest absolute Gasteiger partial charge is 0.262 e. The normalized spacial score (nSPS) is 35.4. The SMILES string of the molecule is C[C@H]1CN2CC(F)(F)C[C@H]2CN1.Cl.Cl. The van der Waals surface area contributed by atoms with Crippen LogP contribution < -0.4 is 5.32 Å². The van der Waals surface area contributed by atoms with Gasteiger partial charge in [0.05, 0.1) is 6.54 Å². The first-order chi connectivity index (χ1) is 5.57. The van der Waals surface area contributed by atoms with Crippen molar-refractivity contribution in [2.24, 2.45) is 0 Å². The van der Waals surface area contributed by atoms with Gasteiger partial charge in [0.15, 0.2) is 0 Å². The molecule has 0 amide bonds. The Morgan fingerprint density at radius 2 is 2.00 bits per heavy atom. The van der Waals surface area contributed by atoms with Crippen molar-refractivity contribution >= 4 is 24.8 Å². The molecule has 2 nitrogen and oxygen atoms in total. The monoisotopic (exact) mass is 248 g/mol. The molecule has 2 saturated heterocycles. The maximum Gasteiger partial charge on any atom is 0.262 e. The Morgan fingerprint density at radius 3 is 2.64 bits per heavy atom. The summed E-state index contributed by atoms with van der Waals surface area (Å²) in [6.45, 7) is 3.48. The molecule has 6 heteroatoms. The lowest BCUT2D eigenvalue weighted by Gasteiger charge is -2.33. The van der Waals surface area contributed by atoms with Crippen LogP contribution in [0.4, 0.5) is 8.78 Å². The Morgan fingerprint density at radius 1 is 1.36 bits per heavy atom. The van der Waals surface area contributed by atoms with Gasteiger partial charge >= 0.3 is 0 Å². The minimum absolute atomic E-state index is 0. The van der Waals surface area contributed by atoms with E-state index < -0.39 is 5.92 Å². The minimum atomic E-state index is -2.45. The van der Waals surface area contributed by atoms with E-state index >= 15 is 0 Å². The second-order valence-electron chi connectivity index (χ2n) is 3.95. The average molecular weight is 249 g/mol. The molecule has 2 aliphatic rings. The summed E-state index contributed by atoms with van der Waals surface area (Å²) in [5, 5.41) is 3.22. The van der Waals surface area contributed by atoms with Gasteiger partial charge in [0, 0.05) is 31.6 Å². The number of halogens is 4. The standard InChI is InChI=1S/C8H14F2N2.2ClH/c1-6-4-12-5-8(9,10)2-7(12)3-11-6;;/h6-7,11H,2-5H2,1H3;2*1H/t6-,7-;;/m0../s1. The molecule has 86 valence electrons. The maximum absolute atomic E-state index is 12.9. The molecule has 0 aromatic rings. The molecule has 2 heterocycles. The number of nitrogens with zero attached hydrogens (tertiary/aromatic N) is 1. The summed E-state index contributed by atoms with van der Waals surface area (Å²) in [7, 11) is 0. The lowest BCUT2D eigenvalue weighted by molar-refractivity contribution is 0.0119. The lowest BCUT2D eigenvalue weighted by atomic mass is 10.1. The summed E-state index contributed by atoms with van der Waals surface area (Å²) in [5.74, 6) is -2.45. The molecule has 2 atom stereocenters. The number of rotatable bonds is 0. The van der Waals surface area contributed by atoms with E-state index in [0.29, 0.717) is 6.04 Å². The van der Waals surface area contributed by atoms with Crippen LogP contribution in [-0.2, 0) is 0 Å². The van der Waals surface area contributed by atoms with Gasteiger partial charge in [-0.05, 0) is 6.92 Å². The van der Waals surface area contributed by atoms with Crippen LogP contribution >= 0.6 is 24.8 Å². The Balaban J connectivity index is 0.000000845. The van der Waals surface area contributed by atoms with Crippen LogP contribution in [0.25, 0.3) is 0 Å². The summed E-state index contributed by atoms with van der Waals surface area (Å²) in [4.78, 5) is 1.90. The van der Waals surface area contributed by atoms with Crippen molar-refractivity contribution in [3.63, 3.8) is 0 Å². The van der Waals surface area contributed by atoms with Gasteiger partial charge in [0.2, 0.25) is 0 Å². The third-order valence-electron chi connectivity index (χ3n) is 2.70. The lowest BCUT2D eigenvalue weighted by Crippen LogP contribution is -2.52. The molecule has 2 rings (SSSR count). The van der Waals surface area contributed by atoms with E-state index in [-0.39, 0.29) is 43.8 Å². The Kier molecular flexibility index (Phi) is 5.05. The third kappa shape index (κ3) is 2.92. The molecule has 14 heavy (non-hydrogen) atoms. The van der Waals surface area contributed by atoms with Crippen LogP contribution in [0.2, 0.25) is 0 Å². The summed E-state index contributed by atoms with van der Waals surface area (Å²) in [6, 6.07) is 0.423. The molecule has 0 aromatic heterocycles. The highest BCUT2D eigenvalue weighted by atomic mass is 35.5. The van der Waals surface area contributed by atoms with Crippen LogP contribution in [0.5, 0.6) is 0 Å². The highest BCUT2D eigenvalue weighted by Gasteiger charge is 2.46. The first-order valence-electron chi connectivity index (χ1n) is 4.42. The molecule has 0 saturated carbocycles. The highest BCUT2D eigenvalue weighted by Crippen LogP contribution is 2.32. The zero-order valence-electron chi connectivity index (χ0n) is 8.00. The van der Waals surface area contributed by atoms with Crippen molar-refractivity contribution in [3.05, 3.63) is 0 Å². The molecular weight excluding hydrogens is 233 g/mol. The van der Waals surface area contributed by atoms with E-state index in [2.05, 4.69) is 5.32 Å². The average Bonchev–Trinajstić information content (AvgIpc) is 2.21. The minimum Gasteiger partial charge on any atom is -0.311 e. The van der Waals surface area contributed by atoms with E-state index in [4.69, 9.17) is 0 Å². The summed E-state index contributed by atoms with van der Waals surface area (Å²) < 4.78 is 25.8. The van der Waals surface area contributed by atoms with Crippen LogP contribution in [0.15, 0.2) is 0 Å². The summed E-state index contributed by atoms with van der Waals surface area (Å²) >= 11 is 0. The van der Waals surface area contributed by atoms with Crippen molar-refractivity contribution in [2.45, 2.75) is 31.4 Å². The molecule has 1 N–H and O–H groups in total. The molecule has 2 aliphatic heterocycles.